The summed E-state index contributed by atoms with van der Waals surface area (Å²) in [5, 5.41) is 3.76. The Hall–Kier alpha value is -0.810. The lowest BCUT2D eigenvalue weighted by Gasteiger charge is -2.26. The fourth-order valence-corrected chi connectivity index (χ4v) is 2.68. The first kappa shape index (κ1) is 17.2. The summed E-state index contributed by atoms with van der Waals surface area (Å²) in [6.45, 7) is 2.66. The lowest BCUT2D eigenvalue weighted by atomic mass is 10.00. The van der Waals surface area contributed by atoms with Gasteiger partial charge in [0.2, 0.25) is 5.91 Å². The minimum Gasteiger partial charge on any atom is -0.350 e. The molecule has 1 heterocycles. The summed E-state index contributed by atoms with van der Waals surface area (Å²) in [5.74, 6) is -0.0979. The summed E-state index contributed by atoms with van der Waals surface area (Å²) in [6, 6.07) is 7.60. The van der Waals surface area contributed by atoms with E-state index in [-0.39, 0.29) is 30.4 Å². The third-order valence-corrected chi connectivity index (χ3v) is 3.85. The van der Waals surface area contributed by atoms with Crippen molar-refractivity contribution in [3.63, 3.8) is 0 Å². The molecule has 4 nitrogen and oxygen atoms in total. The van der Waals surface area contributed by atoms with Crippen LogP contribution in [0.2, 0.25) is 5.02 Å². The molecule has 0 aliphatic carbocycles. The van der Waals surface area contributed by atoms with Gasteiger partial charge in [0.25, 0.3) is 0 Å². The zero-order valence-electron chi connectivity index (χ0n) is 11.7. The van der Waals surface area contributed by atoms with Gasteiger partial charge in [-0.15, -0.1) is 12.4 Å². The Morgan fingerprint density at radius 1 is 1.45 bits per heavy atom. The number of benzene rings is 1. The first-order valence-electron chi connectivity index (χ1n) is 6.50. The van der Waals surface area contributed by atoms with Gasteiger partial charge in [-0.1, -0.05) is 23.7 Å². The number of halogens is 2. The number of likely N-dealkylation sites (tertiary alicyclic amines) is 1. The summed E-state index contributed by atoms with van der Waals surface area (Å²) < 4.78 is 0. The molecule has 20 heavy (non-hydrogen) atoms. The van der Waals surface area contributed by atoms with Crippen molar-refractivity contribution in [1.29, 1.82) is 0 Å². The van der Waals surface area contributed by atoms with Crippen molar-refractivity contribution >= 4 is 29.9 Å². The van der Waals surface area contributed by atoms with Crippen LogP contribution in [0.1, 0.15) is 24.9 Å². The maximum Gasteiger partial charge on any atom is 0.236 e. The lowest BCUT2D eigenvalue weighted by molar-refractivity contribution is -0.122. The number of hydrogen-bond donors (Lipinski definition) is 2. The predicted octanol–water partition coefficient (Wildman–Crippen LogP) is 1.97. The molecule has 3 N–H and O–H groups in total. The van der Waals surface area contributed by atoms with E-state index in [0.29, 0.717) is 0 Å². The number of carbonyl (C=O) groups excluding carboxylic acids is 1. The number of nitrogens with one attached hydrogen (secondary N) is 1. The van der Waals surface area contributed by atoms with E-state index in [9.17, 15) is 4.79 Å². The van der Waals surface area contributed by atoms with Crippen LogP contribution in [-0.2, 0) is 4.79 Å². The average Bonchev–Trinajstić information content (AvgIpc) is 2.72. The van der Waals surface area contributed by atoms with Crippen LogP contribution in [0.15, 0.2) is 24.3 Å². The van der Waals surface area contributed by atoms with E-state index in [0.717, 1.165) is 18.0 Å². The van der Waals surface area contributed by atoms with Gasteiger partial charge in [-0.05, 0) is 38.1 Å². The van der Waals surface area contributed by atoms with Crippen molar-refractivity contribution in [2.45, 2.75) is 31.5 Å². The maximum atomic E-state index is 11.8. The van der Waals surface area contributed by atoms with Gasteiger partial charge < -0.3 is 11.1 Å². The number of likely N-dealkylation sites (N-methyl/N-ethyl adjacent to an activating group) is 1. The van der Waals surface area contributed by atoms with Crippen molar-refractivity contribution in [2.24, 2.45) is 5.73 Å². The highest BCUT2D eigenvalue weighted by Gasteiger charge is 2.34. The second-order valence-corrected chi connectivity index (χ2v) is 5.61. The minimum atomic E-state index is -0.475. The van der Waals surface area contributed by atoms with Gasteiger partial charge in [-0.3, -0.25) is 9.69 Å². The van der Waals surface area contributed by atoms with Crippen LogP contribution in [0.3, 0.4) is 0 Å². The van der Waals surface area contributed by atoms with Gasteiger partial charge in [0.15, 0.2) is 0 Å². The molecular formula is C14H21Cl2N3O. The molecule has 0 spiro atoms. The number of amides is 1. The van der Waals surface area contributed by atoms with Crippen LogP contribution in [0.4, 0.5) is 0 Å². The molecule has 0 bridgehead atoms. The molecule has 112 valence electrons. The summed E-state index contributed by atoms with van der Waals surface area (Å²) in [7, 11) is 2.07. The van der Waals surface area contributed by atoms with E-state index in [1.807, 2.05) is 24.3 Å². The second-order valence-electron chi connectivity index (χ2n) is 5.17. The summed E-state index contributed by atoms with van der Waals surface area (Å²) >= 11 is 5.92. The Balaban J connectivity index is 0.00000200. The van der Waals surface area contributed by atoms with Crippen molar-refractivity contribution in [2.75, 3.05) is 13.6 Å². The van der Waals surface area contributed by atoms with Gasteiger partial charge in [-0.25, -0.2) is 0 Å². The number of hydrogen-bond acceptors (Lipinski definition) is 3. The molecule has 0 radical (unpaired) electrons. The monoisotopic (exact) mass is 317 g/mol. The Morgan fingerprint density at radius 3 is 2.60 bits per heavy atom. The quantitative estimate of drug-likeness (QED) is 0.896. The summed E-state index contributed by atoms with van der Waals surface area (Å²) in [5.41, 5.74) is 6.78. The molecule has 1 aliphatic heterocycles. The van der Waals surface area contributed by atoms with Crippen molar-refractivity contribution in [3.8, 4) is 0 Å². The molecule has 1 saturated heterocycles. The van der Waals surface area contributed by atoms with E-state index >= 15 is 0 Å². The lowest BCUT2D eigenvalue weighted by Crippen LogP contribution is -2.45. The summed E-state index contributed by atoms with van der Waals surface area (Å²) in [6.07, 6.45) is 0.933. The summed E-state index contributed by atoms with van der Waals surface area (Å²) in [4.78, 5) is 14.0. The van der Waals surface area contributed by atoms with Crippen LogP contribution in [0.25, 0.3) is 0 Å². The second kappa shape index (κ2) is 7.27. The van der Waals surface area contributed by atoms with Crippen molar-refractivity contribution in [3.05, 3.63) is 34.9 Å². The van der Waals surface area contributed by atoms with E-state index in [4.69, 9.17) is 17.3 Å². The molecule has 0 aromatic heterocycles. The van der Waals surface area contributed by atoms with E-state index < -0.39 is 6.04 Å². The Kier molecular flexibility index (Phi) is 6.27. The van der Waals surface area contributed by atoms with Gasteiger partial charge in [0, 0.05) is 17.6 Å². The first-order chi connectivity index (χ1) is 8.99. The Morgan fingerprint density at radius 2 is 2.05 bits per heavy atom. The zero-order chi connectivity index (χ0) is 14.0. The van der Waals surface area contributed by atoms with E-state index in [2.05, 4.69) is 17.3 Å². The fraction of sp³-hybridized carbons (Fsp3) is 0.500. The molecule has 2 rings (SSSR count). The van der Waals surface area contributed by atoms with Gasteiger partial charge in [0.05, 0.1) is 12.1 Å². The molecule has 1 aromatic rings. The minimum absolute atomic E-state index is 0. The van der Waals surface area contributed by atoms with Gasteiger partial charge >= 0.3 is 0 Å². The average molecular weight is 318 g/mol. The standard InChI is InChI=1S/C14H20ClN3O.ClH/c1-9(16)14(19)17-12-7-8-18(2)13(12)10-3-5-11(15)6-4-10;/h3-6,9,12-13H,7-8,16H2,1-2H3,(H,17,19);1H. The first-order valence-corrected chi connectivity index (χ1v) is 6.88. The van der Waals surface area contributed by atoms with Crippen LogP contribution in [-0.4, -0.2) is 36.5 Å². The molecule has 1 aliphatic rings. The van der Waals surface area contributed by atoms with Gasteiger partial charge in [0.1, 0.15) is 0 Å². The molecule has 6 heteroatoms. The van der Waals surface area contributed by atoms with Crippen LogP contribution in [0, 0.1) is 0 Å². The highest BCUT2D eigenvalue weighted by atomic mass is 35.5. The third kappa shape index (κ3) is 3.85. The highest BCUT2D eigenvalue weighted by Crippen LogP contribution is 2.31. The molecule has 1 fully saturated rings. The number of nitrogens with zero attached hydrogens (tertiary/aromatic N) is 1. The SMILES string of the molecule is CC(N)C(=O)NC1CCN(C)C1c1ccc(Cl)cc1.Cl. The van der Waals surface area contributed by atoms with Crippen molar-refractivity contribution in [1.82, 2.24) is 10.2 Å². The smallest absolute Gasteiger partial charge is 0.236 e. The molecule has 1 aromatic carbocycles. The Labute approximate surface area is 131 Å². The molecule has 3 unspecified atom stereocenters. The van der Waals surface area contributed by atoms with Crippen LogP contribution in [0.5, 0.6) is 0 Å². The van der Waals surface area contributed by atoms with E-state index in [1.54, 1.807) is 6.92 Å². The van der Waals surface area contributed by atoms with E-state index in [1.165, 1.54) is 5.56 Å². The molecule has 1 amide bonds. The topological polar surface area (TPSA) is 58.4 Å². The van der Waals surface area contributed by atoms with Crippen LogP contribution < -0.4 is 11.1 Å². The largest absolute Gasteiger partial charge is 0.350 e. The van der Waals surface area contributed by atoms with Crippen molar-refractivity contribution < 1.29 is 4.79 Å². The molecule has 3 atom stereocenters. The number of carbonyl (C=O) groups is 1. The maximum absolute atomic E-state index is 11.8. The predicted molar refractivity (Wildman–Crippen MR) is 84.3 cm³/mol. The fourth-order valence-electron chi connectivity index (χ4n) is 2.56. The molecule has 0 saturated carbocycles. The van der Waals surface area contributed by atoms with Crippen LogP contribution >= 0.6 is 24.0 Å². The Bertz CT molecular complexity index is 450. The normalized spacial score (nSPS) is 24.0. The highest BCUT2D eigenvalue weighted by molar-refractivity contribution is 6.30. The zero-order valence-corrected chi connectivity index (χ0v) is 13.2. The third-order valence-electron chi connectivity index (χ3n) is 3.60. The number of nitrogens with two attached hydrogens (primary N) is 1. The van der Waals surface area contributed by atoms with Gasteiger partial charge in [-0.2, -0.15) is 0 Å². The number of rotatable bonds is 3. The molecular weight excluding hydrogens is 297 g/mol.